The minimum Gasteiger partial charge on any atom is -0.480 e. The zero-order chi connectivity index (χ0) is 13.3. The second-order valence-electron chi connectivity index (χ2n) is 4.13. The third kappa shape index (κ3) is 11.5. The molecule has 0 amide bonds. The van der Waals surface area contributed by atoms with Gasteiger partial charge in [0, 0.05) is 0 Å². The lowest BCUT2D eigenvalue weighted by molar-refractivity contribution is -0.154. The van der Waals surface area contributed by atoms with Gasteiger partial charge in [0.05, 0.1) is 13.1 Å². The van der Waals surface area contributed by atoms with Crippen LogP contribution in [0.3, 0.4) is 0 Å². The van der Waals surface area contributed by atoms with Gasteiger partial charge in [0.2, 0.25) is 0 Å². The van der Waals surface area contributed by atoms with Crippen LogP contribution in [0.1, 0.15) is 39.0 Å². The Bertz CT molecular complexity index is 219. The number of carbonyl (C=O) groups is 1. The molecular weight excluding hydrogens is 235 g/mol. The van der Waals surface area contributed by atoms with E-state index in [1.807, 2.05) is 0 Å². The Labute approximate surface area is 99.6 Å². The van der Waals surface area contributed by atoms with Crippen molar-refractivity contribution in [2.75, 3.05) is 19.6 Å². The first-order valence-electron chi connectivity index (χ1n) is 5.86. The van der Waals surface area contributed by atoms with Crippen LogP contribution < -0.4 is 0 Å². The maximum absolute atomic E-state index is 12.2. The number of hydrogen-bond acceptors (Lipinski definition) is 2. The fourth-order valence-corrected chi connectivity index (χ4v) is 1.60. The third-order valence-electron chi connectivity index (χ3n) is 2.34. The molecule has 0 saturated carbocycles. The molecule has 0 unspecified atom stereocenters. The predicted octanol–water partition coefficient (Wildman–Crippen LogP) is 2.91. The highest BCUT2D eigenvalue weighted by Crippen LogP contribution is 2.17. The van der Waals surface area contributed by atoms with Gasteiger partial charge in [-0.3, -0.25) is 9.69 Å². The Kier molecular flexibility index (Phi) is 7.95. The first kappa shape index (κ1) is 16.2. The highest BCUT2D eigenvalue weighted by atomic mass is 19.4. The molecule has 1 N–H and O–H groups in total. The molecule has 0 radical (unpaired) electrons. The lowest BCUT2D eigenvalue weighted by Crippen LogP contribution is -2.38. The lowest BCUT2D eigenvalue weighted by Gasteiger charge is -2.21. The van der Waals surface area contributed by atoms with Gasteiger partial charge in [-0.1, -0.05) is 32.6 Å². The number of halogens is 3. The van der Waals surface area contributed by atoms with Crippen LogP contribution in [-0.4, -0.2) is 41.8 Å². The third-order valence-corrected chi connectivity index (χ3v) is 2.34. The van der Waals surface area contributed by atoms with Crippen molar-refractivity contribution in [3.05, 3.63) is 0 Å². The molecule has 0 heterocycles. The summed E-state index contributed by atoms with van der Waals surface area (Å²) < 4.78 is 36.5. The van der Waals surface area contributed by atoms with Gasteiger partial charge in [0.1, 0.15) is 0 Å². The van der Waals surface area contributed by atoms with Gasteiger partial charge in [-0.25, -0.2) is 0 Å². The average Bonchev–Trinajstić information content (AvgIpc) is 2.13. The van der Waals surface area contributed by atoms with Crippen LogP contribution in [0.2, 0.25) is 0 Å². The molecule has 0 aromatic heterocycles. The van der Waals surface area contributed by atoms with Gasteiger partial charge >= 0.3 is 12.1 Å². The zero-order valence-corrected chi connectivity index (χ0v) is 10.1. The Morgan fingerprint density at radius 3 is 2.24 bits per heavy atom. The van der Waals surface area contributed by atoms with Crippen LogP contribution in [0, 0.1) is 0 Å². The highest BCUT2D eigenvalue weighted by molar-refractivity contribution is 5.69. The fraction of sp³-hybridized carbons (Fsp3) is 0.909. The molecule has 0 atom stereocenters. The minimum atomic E-state index is -4.33. The lowest BCUT2D eigenvalue weighted by atomic mass is 10.1. The summed E-state index contributed by atoms with van der Waals surface area (Å²) in [6, 6.07) is 0. The quantitative estimate of drug-likeness (QED) is 0.644. The van der Waals surface area contributed by atoms with E-state index in [0.29, 0.717) is 6.42 Å². The first-order chi connectivity index (χ1) is 7.85. The molecule has 0 fully saturated rings. The summed E-state index contributed by atoms with van der Waals surface area (Å²) in [4.78, 5) is 11.4. The van der Waals surface area contributed by atoms with Gasteiger partial charge in [0.25, 0.3) is 0 Å². The predicted molar refractivity (Wildman–Crippen MR) is 58.9 cm³/mol. The summed E-state index contributed by atoms with van der Waals surface area (Å²) >= 11 is 0. The summed E-state index contributed by atoms with van der Waals surface area (Å²) in [5, 5.41) is 8.51. The van der Waals surface area contributed by atoms with Crippen molar-refractivity contribution >= 4 is 5.97 Å². The van der Waals surface area contributed by atoms with Crippen LogP contribution in [0.4, 0.5) is 13.2 Å². The molecule has 0 rings (SSSR count). The Morgan fingerprint density at radius 1 is 1.18 bits per heavy atom. The smallest absolute Gasteiger partial charge is 0.401 e. The monoisotopic (exact) mass is 255 g/mol. The molecule has 0 aromatic rings. The van der Waals surface area contributed by atoms with Crippen molar-refractivity contribution in [2.45, 2.75) is 45.2 Å². The number of aliphatic carboxylic acids is 1. The maximum atomic E-state index is 12.2. The molecule has 3 nitrogen and oxygen atoms in total. The van der Waals surface area contributed by atoms with E-state index in [0.717, 1.165) is 30.6 Å². The molecule has 0 aromatic carbocycles. The van der Waals surface area contributed by atoms with Gasteiger partial charge in [-0.15, -0.1) is 0 Å². The van der Waals surface area contributed by atoms with E-state index in [1.54, 1.807) is 0 Å². The molecule has 0 aliphatic heterocycles. The summed E-state index contributed by atoms with van der Waals surface area (Å²) in [5.74, 6) is -1.22. The number of unbranched alkanes of at least 4 members (excludes halogenated alkanes) is 4. The molecule has 0 spiro atoms. The van der Waals surface area contributed by atoms with E-state index in [4.69, 9.17) is 5.11 Å². The van der Waals surface area contributed by atoms with Crippen LogP contribution >= 0.6 is 0 Å². The SMILES string of the molecule is CCCCCCCN(CC(=O)O)CC(F)(F)F. The van der Waals surface area contributed by atoms with Gasteiger partial charge in [-0.05, 0) is 13.0 Å². The molecule has 17 heavy (non-hydrogen) atoms. The zero-order valence-electron chi connectivity index (χ0n) is 10.1. The van der Waals surface area contributed by atoms with Crippen molar-refractivity contribution in [3.63, 3.8) is 0 Å². The van der Waals surface area contributed by atoms with E-state index >= 15 is 0 Å². The second kappa shape index (κ2) is 8.33. The number of nitrogens with zero attached hydrogens (tertiary/aromatic N) is 1. The van der Waals surface area contributed by atoms with E-state index < -0.39 is 25.2 Å². The standard InChI is InChI=1S/C11H20F3NO2/c1-2-3-4-5-6-7-15(8-10(16)17)9-11(12,13)14/h2-9H2,1H3,(H,16,17). The molecule has 0 bridgehead atoms. The van der Waals surface area contributed by atoms with Crippen LogP contribution in [0.5, 0.6) is 0 Å². The van der Waals surface area contributed by atoms with E-state index in [9.17, 15) is 18.0 Å². The number of rotatable bonds is 9. The van der Waals surface area contributed by atoms with Crippen LogP contribution in [0.15, 0.2) is 0 Å². The first-order valence-corrected chi connectivity index (χ1v) is 5.86. The number of carboxylic acids is 1. The van der Waals surface area contributed by atoms with Gasteiger partial charge < -0.3 is 5.11 Å². The number of hydrogen-bond donors (Lipinski definition) is 1. The Balaban J connectivity index is 3.90. The molecule has 102 valence electrons. The van der Waals surface area contributed by atoms with E-state index in [-0.39, 0.29) is 6.54 Å². The maximum Gasteiger partial charge on any atom is 0.401 e. The normalized spacial score (nSPS) is 12.1. The fourth-order valence-electron chi connectivity index (χ4n) is 1.60. The minimum absolute atomic E-state index is 0.190. The van der Waals surface area contributed by atoms with Gasteiger partial charge in [-0.2, -0.15) is 13.2 Å². The van der Waals surface area contributed by atoms with Crippen molar-refractivity contribution in [2.24, 2.45) is 0 Å². The summed E-state index contributed by atoms with van der Waals surface area (Å²) in [5.41, 5.74) is 0. The van der Waals surface area contributed by atoms with Crippen LogP contribution in [-0.2, 0) is 4.79 Å². The largest absolute Gasteiger partial charge is 0.480 e. The Morgan fingerprint density at radius 2 is 1.76 bits per heavy atom. The molecular formula is C11H20F3NO2. The molecule has 0 aliphatic carbocycles. The second-order valence-corrected chi connectivity index (χ2v) is 4.13. The highest BCUT2D eigenvalue weighted by Gasteiger charge is 2.31. The van der Waals surface area contributed by atoms with Crippen molar-refractivity contribution in [1.29, 1.82) is 0 Å². The molecule has 6 heteroatoms. The molecule has 0 aliphatic rings. The topological polar surface area (TPSA) is 40.5 Å². The summed E-state index contributed by atoms with van der Waals surface area (Å²) in [7, 11) is 0. The van der Waals surface area contributed by atoms with Crippen LogP contribution in [0.25, 0.3) is 0 Å². The molecule has 0 saturated heterocycles. The average molecular weight is 255 g/mol. The summed E-state index contributed by atoms with van der Waals surface area (Å²) in [6.07, 6.45) is 0.257. The number of carboxylic acid groups (broad SMARTS) is 1. The van der Waals surface area contributed by atoms with E-state index in [2.05, 4.69) is 6.92 Å². The van der Waals surface area contributed by atoms with Gasteiger partial charge in [0.15, 0.2) is 0 Å². The van der Waals surface area contributed by atoms with E-state index in [1.165, 1.54) is 0 Å². The summed E-state index contributed by atoms with van der Waals surface area (Å²) in [6.45, 7) is 0.552. The van der Waals surface area contributed by atoms with Crippen molar-refractivity contribution in [3.8, 4) is 0 Å². The number of alkyl halides is 3. The van der Waals surface area contributed by atoms with Crippen molar-refractivity contribution < 1.29 is 23.1 Å². The Hall–Kier alpha value is -0.780. The van der Waals surface area contributed by atoms with Crippen molar-refractivity contribution in [1.82, 2.24) is 4.90 Å².